The van der Waals surface area contributed by atoms with E-state index in [0.717, 1.165) is 43.0 Å². The van der Waals surface area contributed by atoms with Crippen LogP contribution in [0.1, 0.15) is 34.5 Å². The van der Waals surface area contributed by atoms with Crippen LogP contribution in [0, 0.1) is 13.8 Å². The molecule has 1 N–H and O–H groups in total. The highest BCUT2D eigenvalue weighted by atomic mass is 16.1. The second-order valence-electron chi connectivity index (χ2n) is 5.96. The van der Waals surface area contributed by atoms with Gasteiger partial charge in [-0.1, -0.05) is 6.07 Å². The van der Waals surface area contributed by atoms with Gasteiger partial charge in [0.15, 0.2) is 0 Å². The predicted octanol–water partition coefficient (Wildman–Crippen LogP) is 1.89. The van der Waals surface area contributed by atoms with Crippen LogP contribution < -0.4 is 10.2 Å². The molecule has 0 radical (unpaired) electrons. The largest absolute Gasteiger partial charge is 0.348 e. The Labute approximate surface area is 136 Å². The van der Waals surface area contributed by atoms with E-state index < -0.39 is 0 Å². The van der Waals surface area contributed by atoms with Gasteiger partial charge in [0.1, 0.15) is 5.69 Å². The first-order valence-electron chi connectivity index (χ1n) is 7.89. The molecule has 2 aromatic rings. The number of hydrogen-bond donors (Lipinski definition) is 1. The minimum atomic E-state index is -0.0862. The van der Waals surface area contributed by atoms with Crippen LogP contribution >= 0.6 is 0 Å². The minimum Gasteiger partial charge on any atom is -0.348 e. The van der Waals surface area contributed by atoms with E-state index in [2.05, 4.69) is 25.2 Å². The Morgan fingerprint density at radius 3 is 2.52 bits per heavy atom. The number of anilines is 1. The van der Waals surface area contributed by atoms with Gasteiger partial charge in [0.05, 0.1) is 0 Å². The highest BCUT2D eigenvalue weighted by Crippen LogP contribution is 2.16. The Hall–Kier alpha value is -2.50. The molecule has 0 aromatic carbocycles. The maximum absolute atomic E-state index is 12.4. The molecule has 0 saturated carbocycles. The summed E-state index contributed by atoms with van der Waals surface area (Å²) in [5.74, 6) is 0.672. The third kappa shape index (κ3) is 3.64. The summed E-state index contributed by atoms with van der Waals surface area (Å²) in [6.07, 6.45) is 7.01. The van der Waals surface area contributed by atoms with E-state index >= 15 is 0 Å². The molecule has 1 aliphatic heterocycles. The van der Waals surface area contributed by atoms with Crippen molar-refractivity contribution in [2.75, 3.05) is 18.0 Å². The number of hydrogen-bond acceptors (Lipinski definition) is 5. The number of rotatable bonds is 3. The van der Waals surface area contributed by atoms with Crippen LogP contribution in [0.2, 0.25) is 0 Å². The van der Waals surface area contributed by atoms with E-state index in [1.165, 1.54) is 0 Å². The number of nitrogens with one attached hydrogen (secondary N) is 1. The number of carbonyl (C=O) groups is 1. The number of aromatic nitrogens is 3. The standard InChI is InChI=1S/C17H21N5O/c1-12-10-13(2)15(20-11-12)16(23)21-14-4-8-22(9-5-14)17-18-6-3-7-19-17/h3,6-7,10-11,14H,4-5,8-9H2,1-2H3,(H,21,23). The van der Waals surface area contributed by atoms with Crippen LogP contribution in [0.3, 0.4) is 0 Å². The zero-order valence-electron chi connectivity index (χ0n) is 13.5. The molecule has 3 heterocycles. The molecule has 1 fully saturated rings. The van der Waals surface area contributed by atoms with E-state index in [9.17, 15) is 4.79 Å². The number of nitrogens with zero attached hydrogens (tertiary/aromatic N) is 4. The Morgan fingerprint density at radius 2 is 1.87 bits per heavy atom. The van der Waals surface area contributed by atoms with Crippen molar-refractivity contribution in [1.29, 1.82) is 0 Å². The summed E-state index contributed by atoms with van der Waals surface area (Å²) < 4.78 is 0. The van der Waals surface area contributed by atoms with Gasteiger partial charge in [0.2, 0.25) is 5.95 Å². The van der Waals surface area contributed by atoms with Crippen molar-refractivity contribution < 1.29 is 4.79 Å². The third-order valence-corrected chi connectivity index (χ3v) is 4.10. The first-order valence-corrected chi connectivity index (χ1v) is 7.89. The van der Waals surface area contributed by atoms with Crippen molar-refractivity contribution in [2.24, 2.45) is 0 Å². The Bertz CT molecular complexity index is 681. The molecule has 23 heavy (non-hydrogen) atoms. The summed E-state index contributed by atoms with van der Waals surface area (Å²) in [4.78, 5) is 27.3. The Balaban J connectivity index is 1.57. The molecular weight excluding hydrogens is 290 g/mol. The van der Waals surface area contributed by atoms with Crippen LogP contribution in [0.4, 0.5) is 5.95 Å². The van der Waals surface area contributed by atoms with Gasteiger partial charge < -0.3 is 10.2 Å². The normalized spacial score (nSPS) is 15.5. The topological polar surface area (TPSA) is 71.0 Å². The average Bonchev–Trinajstić information content (AvgIpc) is 2.56. The number of amides is 1. The second-order valence-corrected chi connectivity index (χ2v) is 5.96. The maximum Gasteiger partial charge on any atom is 0.270 e. The average molecular weight is 311 g/mol. The van der Waals surface area contributed by atoms with Crippen LogP contribution in [-0.4, -0.2) is 40.0 Å². The van der Waals surface area contributed by atoms with Crippen molar-refractivity contribution in [1.82, 2.24) is 20.3 Å². The summed E-state index contributed by atoms with van der Waals surface area (Å²) in [6.45, 7) is 5.58. The molecule has 120 valence electrons. The van der Waals surface area contributed by atoms with Gasteiger partial charge in [-0.05, 0) is 43.9 Å². The van der Waals surface area contributed by atoms with Gasteiger partial charge >= 0.3 is 0 Å². The summed E-state index contributed by atoms with van der Waals surface area (Å²) in [6, 6.07) is 3.97. The van der Waals surface area contributed by atoms with Crippen LogP contribution in [0.15, 0.2) is 30.7 Å². The molecular formula is C17H21N5O. The van der Waals surface area contributed by atoms with Crippen LogP contribution in [0.5, 0.6) is 0 Å². The monoisotopic (exact) mass is 311 g/mol. The van der Waals surface area contributed by atoms with Crippen LogP contribution in [-0.2, 0) is 0 Å². The van der Waals surface area contributed by atoms with Crippen molar-refractivity contribution in [3.63, 3.8) is 0 Å². The molecule has 6 nitrogen and oxygen atoms in total. The van der Waals surface area contributed by atoms with Crippen molar-refractivity contribution in [2.45, 2.75) is 32.7 Å². The van der Waals surface area contributed by atoms with E-state index in [1.807, 2.05) is 26.0 Å². The molecule has 1 amide bonds. The lowest BCUT2D eigenvalue weighted by Gasteiger charge is -2.32. The van der Waals surface area contributed by atoms with Gasteiger partial charge in [-0.2, -0.15) is 0 Å². The van der Waals surface area contributed by atoms with Gasteiger partial charge in [-0.15, -0.1) is 0 Å². The SMILES string of the molecule is Cc1cnc(C(=O)NC2CCN(c3ncccn3)CC2)c(C)c1. The fourth-order valence-electron chi connectivity index (χ4n) is 2.89. The first kappa shape index (κ1) is 15.4. The summed E-state index contributed by atoms with van der Waals surface area (Å²) >= 11 is 0. The smallest absolute Gasteiger partial charge is 0.270 e. The third-order valence-electron chi connectivity index (χ3n) is 4.10. The zero-order valence-corrected chi connectivity index (χ0v) is 13.5. The number of carbonyl (C=O) groups excluding carboxylic acids is 1. The van der Waals surface area contributed by atoms with E-state index in [-0.39, 0.29) is 11.9 Å². The predicted molar refractivity (Wildman–Crippen MR) is 88.4 cm³/mol. The van der Waals surface area contributed by atoms with E-state index in [0.29, 0.717) is 5.69 Å². The fourth-order valence-corrected chi connectivity index (χ4v) is 2.89. The molecule has 0 unspecified atom stereocenters. The lowest BCUT2D eigenvalue weighted by atomic mass is 10.0. The van der Waals surface area contributed by atoms with Crippen molar-refractivity contribution in [3.05, 3.63) is 47.5 Å². The van der Waals surface area contributed by atoms with Gasteiger partial charge in [-0.25, -0.2) is 9.97 Å². The first-order chi connectivity index (χ1) is 11.1. The van der Waals surface area contributed by atoms with Crippen molar-refractivity contribution >= 4 is 11.9 Å². The van der Waals surface area contributed by atoms with Crippen molar-refractivity contribution in [3.8, 4) is 0 Å². The maximum atomic E-state index is 12.4. The molecule has 6 heteroatoms. The lowest BCUT2D eigenvalue weighted by molar-refractivity contribution is 0.0925. The summed E-state index contributed by atoms with van der Waals surface area (Å²) in [5, 5.41) is 3.10. The molecule has 0 bridgehead atoms. The number of aryl methyl sites for hydroxylation is 2. The Morgan fingerprint density at radius 1 is 1.17 bits per heavy atom. The number of piperidine rings is 1. The van der Waals surface area contributed by atoms with Gasteiger partial charge in [0.25, 0.3) is 5.91 Å². The summed E-state index contributed by atoms with van der Waals surface area (Å²) in [7, 11) is 0. The highest BCUT2D eigenvalue weighted by molar-refractivity contribution is 5.93. The molecule has 2 aromatic heterocycles. The minimum absolute atomic E-state index is 0.0862. The van der Waals surface area contributed by atoms with E-state index in [4.69, 9.17) is 0 Å². The zero-order chi connectivity index (χ0) is 16.2. The van der Waals surface area contributed by atoms with Crippen LogP contribution in [0.25, 0.3) is 0 Å². The molecule has 1 aliphatic rings. The Kier molecular flexibility index (Phi) is 4.50. The quantitative estimate of drug-likeness (QED) is 0.937. The summed E-state index contributed by atoms with van der Waals surface area (Å²) in [5.41, 5.74) is 2.50. The van der Waals surface area contributed by atoms with E-state index in [1.54, 1.807) is 18.6 Å². The molecule has 0 atom stereocenters. The van der Waals surface area contributed by atoms with Gasteiger partial charge in [0, 0.05) is 37.7 Å². The molecule has 0 aliphatic carbocycles. The highest BCUT2D eigenvalue weighted by Gasteiger charge is 2.23. The second kappa shape index (κ2) is 6.73. The van der Waals surface area contributed by atoms with Gasteiger partial charge in [-0.3, -0.25) is 9.78 Å². The molecule has 3 rings (SSSR count). The molecule has 1 saturated heterocycles. The fraction of sp³-hybridized carbons (Fsp3) is 0.412. The molecule has 0 spiro atoms. The lowest BCUT2D eigenvalue weighted by Crippen LogP contribution is -2.45. The number of pyridine rings is 1.